The van der Waals surface area contributed by atoms with E-state index in [1.807, 2.05) is 4.90 Å². The Bertz CT molecular complexity index is 686. The van der Waals surface area contributed by atoms with Crippen molar-refractivity contribution in [1.82, 2.24) is 19.6 Å². The van der Waals surface area contributed by atoms with E-state index < -0.39 is 5.97 Å². The minimum absolute atomic E-state index is 0.0845. The first kappa shape index (κ1) is 17.4. The zero-order valence-corrected chi connectivity index (χ0v) is 14.3. The SMILES string of the molecule is COC(=O)c1cc2n(n1)CCN(C(=O)[C@H]1CCCN(CC(N)=O)C1)C2. The highest BCUT2D eigenvalue weighted by Crippen LogP contribution is 2.22. The standard InChI is InChI=1S/C16H23N5O4/c1-25-16(24)13-7-12-9-20(5-6-21(12)18-13)15(23)11-3-2-4-19(8-11)10-14(17)22/h7,11H,2-6,8-10H2,1H3,(H2,17,22)/t11-/m0/s1. The summed E-state index contributed by atoms with van der Waals surface area (Å²) in [6.45, 7) is 3.08. The summed E-state index contributed by atoms with van der Waals surface area (Å²) < 4.78 is 6.43. The van der Waals surface area contributed by atoms with E-state index in [-0.39, 0.29) is 30.0 Å². The summed E-state index contributed by atoms with van der Waals surface area (Å²) in [5, 5.41) is 4.22. The average molecular weight is 349 g/mol. The molecule has 0 radical (unpaired) electrons. The van der Waals surface area contributed by atoms with E-state index in [2.05, 4.69) is 9.84 Å². The lowest BCUT2D eigenvalue weighted by molar-refractivity contribution is -0.139. The average Bonchev–Trinajstić information content (AvgIpc) is 3.03. The third-order valence-electron chi connectivity index (χ3n) is 4.74. The number of ether oxygens (including phenoxy) is 1. The van der Waals surface area contributed by atoms with Crippen LogP contribution in [0, 0.1) is 5.92 Å². The van der Waals surface area contributed by atoms with Crippen LogP contribution < -0.4 is 5.73 Å². The molecule has 0 aromatic carbocycles. The molecule has 25 heavy (non-hydrogen) atoms. The largest absolute Gasteiger partial charge is 0.464 e. The molecule has 1 aromatic heterocycles. The highest BCUT2D eigenvalue weighted by molar-refractivity contribution is 5.87. The van der Waals surface area contributed by atoms with Gasteiger partial charge in [-0.2, -0.15) is 5.10 Å². The van der Waals surface area contributed by atoms with Crippen molar-refractivity contribution in [1.29, 1.82) is 0 Å². The van der Waals surface area contributed by atoms with Crippen molar-refractivity contribution in [3.8, 4) is 0 Å². The van der Waals surface area contributed by atoms with Gasteiger partial charge in [-0.05, 0) is 25.5 Å². The molecule has 1 aromatic rings. The van der Waals surface area contributed by atoms with Gasteiger partial charge >= 0.3 is 5.97 Å². The Balaban J connectivity index is 1.64. The lowest BCUT2D eigenvalue weighted by Gasteiger charge is -2.35. The van der Waals surface area contributed by atoms with Crippen molar-refractivity contribution in [2.75, 3.05) is 33.3 Å². The smallest absolute Gasteiger partial charge is 0.358 e. The predicted molar refractivity (Wildman–Crippen MR) is 87.3 cm³/mol. The normalized spacial score (nSPS) is 20.8. The first-order valence-electron chi connectivity index (χ1n) is 8.42. The number of aromatic nitrogens is 2. The molecule has 9 nitrogen and oxygen atoms in total. The highest BCUT2D eigenvalue weighted by atomic mass is 16.5. The number of hydrogen-bond acceptors (Lipinski definition) is 6. The maximum Gasteiger partial charge on any atom is 0.358 e. The van der Waals surface area contributed by atoms with Gasteiger partial charge in [-0.15, -0.1) is 0 Å². The number of carbonyl (C=O) groups is 3. The van der Waals surface area contributed by atoms with Crippen LogP contribution in [0.2, 0.25) is 0 Å². The summed E-state index contributed by atoms with van der Waals surface area (Å²) in [5.74, 6) is -0.886. The van der Waals surface area contributed by atoms with Crippen LogP contribution in [0.3, 0.4) is 0 Å². The molecule has 2 aliphatic rings. The van der Waals surface area contributed by atoms with Gasteiger partial charge in [-0.25, -0.2) is 4.79 Å². The number of nitrogens with two attached hydrogens (primary N) is 1. The highest BCUT2D eigenvalue weighted by Gasteiger charge is 2.32. The Kier molecular flexibility index (Phi) is 5.03. The molecule has 1 saturated heterocycles. The van der Waals surface area contributed by atoms with Crippen LogP contribution in [-0.2, 0) is 27.4 Å². The van der Waals surface area contributed by atoms with Crippen LogP contribution in [0.1, 0.15) is 29.0 Å². The van der Waals surface area contributed by atoms with E-state index in [1.54, 1.807) is 15.6 Å². The van der Waals surface area contributed by atoms with Crippen molar-refractivity contribution in [2.24, 2.45) is 11.7 Å². The second-order valence-electron chi connectivity index (χ2n) is 6.54. The molecule has 2 amide bonds. The molecule has 3 heterocycles. The van der Waals surface area contributed by atoms with Crippen LogP contribution in [-0.4, -0.2) is 70.7 Å². The fourth-order valence-corrected chi connectivity index (χ4v) is 3.54. The van der Waals surface area contributed by atoms with Crippen LogP contribution in [0.4, 0.5) is 0 Å². The maximum atomic E-state index is 12.9. The first-order valence-corrected chi connectivity index (χ1v) is 8.42. The lowest BCUT2D eigenvalue weighted by Crippen LogP contribution is -2.48. The van der Waals surface area contributed by atoms with Gasteiger partial charge in [-0.1, -0.05) is 0 Å². The number of carbonyl (C=O) groups excluding carboxylic acids is 3. The molecule has 0 unspecified atom stereocenters. The number of esters is 1. The van der Waals surface area contributed by atoms with E-state index in [0.29, 0.717) is 26.2 Å². The van der Waals surface area contributed by atoms with Crippen molar-refractivity contribution in [3.05, 3.63) is 17.5 Å². The van der Waals surface area contributed by atoms with Crippen LogP contribution in [0.15, 0.2) is 6.07 Å². The number of rotatable bonds is 4. The number of hydrogen-bond donors (Lipinski definition) is 1. The first-order chi connectivity index (χ1) is 12.0. The third kappa shape index (κ3) is 3.81. The minimum Gasteiger partial charge on any atom is -0.464 e. The summed E-state index contributed by atoms with van der Waals surface area (Å²) in [6.07, 6.45) is 1.69. The van der Waals surface area contributed by atoms with Crippen LogP contribution in [0.5, 0.6) is 0 Å². The molecular weight excluding hydrogens is 326 g/mol. The quantitative estimate of drug-likeness (QED) is 0.713. The summed E-state index contributed by atoms with van der Waals surface area (Å²) in [4.78, 5) is 39.3. The maximum absolute atomic E-state index is 12.9. The molecule has 2 aliphatic heterocycles. The second kappa shape index (κ2) is 7.22. The third-order valence-corrected chi connectivity index (χ3v) is 4.74. The van der Waals surface area contributed by atoms with Crippen LogP contribution in [0.25, 0.3) is 0 Å². The van der Waals surface area contributed by atoms with E-state index in [4.69, 9.17) is 5.73 Å². The van der Waals surface area contributed by atoms with Gasteiger partial charge in [0, 0.05) is 13.1 Å². The molecule has 0 saturated carbocycles. The summed E-state index contributed by atoms with van der Waals surface area (Å²) in [6, 6.07) is 1.67. The lowest BCUT2D eigenvalue weighted by atomic mass is 9.96. The molecule has 0 aliphatic carbocycles. The number of primary amides is 1. The van der Waals surface area contributed by atoms with Gasteiger partial charge in [0.25, 0.3) is 0 Å². The summed E-state index contributed by atoms with van der Waals surface area (Å²) >= 11 is 0. The molecular formula is C16H23N5O4. The number of amides is 2. The fourth-order valence-electron chi connectivity index (χ4n) is 3.54. The van der Waals surface area contributed by atoms with E-state index >= 15 is 0 Å². The molecule has 3 rings (SSSR count). The van der Waals surface area contributed by atoms with Gasteiger partial charge in [-0.3, -0.25) is 19.2 Å². The van der Waals surface area contributed by atoms with Gasteiger partial charge < -0.3 is 15.4 Å². The number of piperidine rings is 1. The van der Waals surface area contributed by atoms with Gasteiger partial charge in [0.2, 0.25) is 11.8 Å². The molecule has 0 bridgehead atoms. The second-order valence-corrected chi connectivity index (χ2v) is 6.54. The zero-order valence-electron chi connectivity index (χ0n) is 14.3. The van der Waals surface area contributed by atoms with Crippen molar-refractivity contribution in [2.45, 2.75) is 25.9 Å². The fraction of sp³-hybridized carbons (Fsp3) is 0.625. The predicted octanol–water partition coefficient (Wildman–Crippen LogP) is -0.791. The Hall–Kier alpha value is -2.42. The van der Waals surface area contributed by atoms with E-state index in [9.17, 15) is 14.4 Å². The Labute approximate surface area is 145 Å². The Morgan fingerprint density at radius 3 is 2.84 bits per heavy atom. The number of likely N-dealkylation sites (tertiary alicyclic amines) is 1. The summed E-state index contributed by atoms with van der Waals surface area (Å²) in [7, 11) is 1.32. The molecule has 9 heteroatoms. The minimum atomic E-state index is -0.478. The topological polar surface area (TPSA) is 111 Å². The van der Waals surface area contributed by atoms with Crippen molar-refractivity contribution < 1.29 is 19.1 Å². The molecule has 0 spiro atoms. The Morgan fingerprint density at radius 2 is 2.12 bits per heavy atom. The molecule has 136 valence electrons. The number of methoxy groups -OCH3 is 1. The van der Waals surface area contributed by atoms with Gasteiger partial charge in [0.1, 0.15) is 0 Å². The van der Waals surface area contributed by atoms with Gasteiger partial charge in [0.15, 0.2) is 5.69 Å². The monoisotopic (exact) mass is 349 g/mol. The summed E-state index contributed by atoms with van der Waals surface area (Å²) in [5.41, 5.74) is 6.34. The van der Waals surface area contributed by atoms with Gasteiger partial charge in [0.05, 0.1) is 38.4 Å². The Morgan fingerprint density at radius 1 is 1.32 bits per heavy atom. The molecule has 1 atom stereocenters. The molecule has 2 N–H and O–H groups in total. The van der Waals surface area contributed by atoms with E-state index in [1.165, 1.54) is 7.11 Å². The number of nitrogens with zero attached hydrogens (tertiary/aromatic N) is 4. The zero-order chi connectivity index (χ0) is 18.0. The van der Waals surface area contributed by atoms with Crippen molar-refractivity contribution >= 4 is 17.8 Å². The molecule has 1 fully saturated rings. The van der Waals surface area contributed by atoms with Crippen LogP contribution >= 0.6 is 0 Å². The van der Waals surface area contributed by atoms with Crippen molar-refractivity contribution in [3.63, 3.8) is 0 Å². The van der Waals surface area contributed by atoms with E-state index in [0.717, 1.165) is 25.1 Å². The number of fused-ring (bicyclic) bond motifs is 1.